The number of aliphatic carboxylic acids is 1. The molecule has 1 aromatic carbocycles. The number of aliphatic hydroxyl groups excluding tert-OH is 2. The minimum Gasteiger partial charge on any atom is -0.508 e. The summed E-state index contributed by atoms with van der Waals surface area (Å²) in [5, 5.41) is 45.6. The monoisotopic (exact) mass is 514 g/mol. The Hall–Kier alpha value is -2.87. The molecule has 1 aromatic rings. The molecule has 0 radical (unpaired) electrons. The van der Waals surface area contributed by atoms with E-state index in [-0.39, 0.29) is 18.6 Å². The molecule has 3 amide bonds. The van der Waals surface area contributed by atoms with Crippen LogP contribution in [-0.4, -0.2) is 92.5 Å². The largest absolute Gasteiger partial charge is 0.508 e. The summed E-state index contributed by atoms with van der Waals surface area (Å²) in [6, 6.07) is 0.491. The summed E-state index contributed by atoms with van der Waals surface area (Å²) in [5.74, 6) is -3.34. The molecular formula is C22H34N4O8S. The van der Waals surface area contributed by atoms with Crippen molar-refractivity contribution in [3.8, 4) is 5.75 Å². The van der Waals surface area contributed by atoms with Crippen LogP contribution in [0.15, 0.2) is 24.3 Å². The van der Waals surface area contributed by atoms with Gasteiger partial charge in [0.25, 0.3) is 0 Å². The molecule has 6 unspecified atom stereocenters. The first-order valence-corrected chi connectivity index (χ1v) is 12.3. The topological polar surface area (TPSA) is 211 Å². The van der Waals surface area contributed by atoms with E-state index < -0.39 is 60.1 Å². The van der Waals surface area contributed by atoms with Crippen molar-refractivity contribution in [1.29, 1.82) is 0 Å². The van der Waals surface area contributed by atoms with Gasteiger partial charge in [0.2, 0.25) is 17.7 Å². The molecule has 0 heterocycles. The maximum atomic E-state index is 12.9. The number of benzene rings is 1. The van der Waals surface area contributed by atoms with Crippen LogP contribution in [0.5, 0.6) is 5.75 Å². The summed E-state index contributed by atoms with van der Waals surface area (Å²) in [5.41, 5.74) is 6.15. The number of rotatable bonds is 14. The minimum atomic E-state index is -1.51. The van der Waals surface area contributed by atoms with Crippen LogP contribution < -0.4 is 21.7 Å². The number of nitrogens with one attached hydrogen (secondary N) is 3. The number of thioether (sulfide) groups is 1. The lowest BCUT2D eigenvalue weighted by molar-refractivity contribution is -0.143. The average molecular weight is 515 g/mol. The fourth-order valence-electron chi connectivity index (χ4n) is 2.98. The Morgan fingerprint density at radius 3 is 1.97 bits per heavy atom. The van der Waals surface area contributed by atoms with Gasteiger partial charge in [0.15, 0.2) is 0 Å². The molecule has 0 aromatic heterocycles. The van der Waals surface area contributed by atoms with E-state index >= 15 is 0 Å². The van der Waals surface area contributed by atoms with Gasteiger partial charge in [-0.1, -0.05) is 12.1 Å². The summed E-state index contributed by atoms with van der Waals surface area (Å²) in [4.78, 5) is 49.6. The van der Waals surface area contributed by atoms with Crippen LogP contribution in [0.1, 0.15) is 25.8 Å². The zero-order valence-corrected chi connectivity index (χ0v) is 20.6. The third-order valence-corrected chi connectivity index (χ3v) is 5.76. The molecule has 0 aliphatic rings. The zero-order chi connectivity index (χ0) is 26.7. The molecule has 0 aliphatic carbocycles. The lowest BCUT2D eigenvalue weighted by atomic mass is 10.0. The van der Waals surface area contributed by atoms with Crippen molar-refractivity contribution in [2.24, 2.45) is 5.73 Å². The number of phenolic OH excluding ortho intramolecular Hbond substituents is 1. The molecule has 0 spiro atoms. The number of carbonyl (C=O) groups is 4. The van der Waals surface area contributed by atoms with Crippen molar-refractivity contribution >= 4 is 35.5 Å². The predicted molar refractivity (Wildman–Crippen MR) is 130 cm³/mol. The molecule has 0 bridgehead atoms. The highest BCUT2D eigenvalue weighted by molar-refractivity contribution is 7.98. The predicted octanol–water partition coefficient (Wildman–Crippen LogP) is -1.68. The van der Waals surface area contributed by atoms with E-state index in [2.05, 4.69) is 16.0 Å². The minimum absolute atomic E-state index is 0.000868. The maximum Gasteiger partial charge on any atom is 0.326 e. The number of carboxylic acid groups (broad SMARTS) is 1. The van der Waals surface area contributed by atoms with Crippen LogP contribution in [0.3, 0.4) is 0 Å². The second-order valence-corrected chi connectivity index (χ2v) is 9.09. The Kier molecular flexibility index (Phi) is 12.5. The maximum absolute atomic E-state index is 12.9. The second-order valence-electron chi connectivity index (χ2n) is 8.11. The molecule has 1 rings (SSSR count). The van der Waals surface area contributed by atoms with Crippen molar-refractivity contribution < 1.29 is 39.6 Å². The van der Waals surface area contributed by atoms with E-state index in [0.717, 1.165) is 0 Å². The summed E-state index contributed by atoms with van der Waals surface area (Å²) in [7, 11) is 0. The van der Waals surface area contributed by atoms with Gasteiger partial charge in [-0.3, -0.25) is 14.4 Å². The number of hydrogen-bond acceptors (Lipinski definition) is 9. The highest BCUT2D eigenvalue weighted by Gasteiger charge is 2.33. The van der Waals surface area contributed by atoms with Gasteiger partial charge in [-0.2, -0.15) is 11.8 Å². The molecule has 0 fully saturated rings. The molecule has 0 aliphatic heterocycles. The number of hydrogen-bond donors (Lipinski definition) is 8. The third-order valence-electron chi connectivity index (χ3n) is 5.12. The first-order valence-electron chi connectivity index (χ1n) is 10.9. The molecule has 35 heavy (non-hydrogen) atoms. The Morgan fingerprint density at radius 1 is 0.914 bits per heavy atom. The highest BCUT2D eigenvalue weighted by Crippen LogP contribution is 2.12. The van der Waals surface area contributed by atoms with Gasteiger partial charge in [-0.15, -0.1) is 0 Å². The number of nitrogens with two attached hydrogens (primary N) is 1. The lowest BCUT2D eigenvalue weighted by Gasteiger charge is -2.26. The van der Waals surface area contributed by atoms with Gasteiger partial charge in [0.05, 0.1) is 12.2 Å². The SMILES string of the molecule is CSCCC(NC(=O)C(N)C(C)O)C(=O)NC(C(=O)NC(Cc1ccc(O)cc1)C(=O)O)C(C)O. The number of amides is 3. The number of phenols is 1. The Bertz CT molecular complexity index is 866. The molecule has 0 saturated carbocycles. The zero-order valence-electron chi connectivity index (χ0n) is 19.8. The molecule has 12 nitrogen and oxygen atoms in total. The van der Waals surface area contributed by atoms with Crippen molar-refractivity contribution in [2.45, 2.75) is 63.1 Å². The third kappa shape index (κ3) is 10.1. The van der Waals surface area contributed by atoms with E-state index in [1.807, 2.05) is 0 Å². The molecule has 6 atom stereocenters. The van der Waals surface area contributed by atoms with Gasteiger partial charge in [0, 0.05) is 6.42 Å². The first kappa shape index (κ1) is 30.2. The van der Waals surface area contributed by atoms with E-state index in [0.29, 0.717) is 11.3 Å². The van der Waals surface area contributed by atoms with E-state index in [4.69, 9.17) is 5.73 Å². The van der Waals surface area contributed by atoms with E-state index in [1.165, 1.54) is 49.9 Å². The van der Waals surface area contributed by atoms with Gasteiger partial charge in [-0.05, 0) is 50.0 Å². The standard InChI is InChI=1S/C22H34N4O8S/c1-11(27)17(23)20(31)24-15(8-9-35-3)19(30)26-18(12(2)28)21(32)25-16(22(33)34)10-13-4-6-14(29)7-5-13/h4-7,11-12,15-18,27-29H,8-10,23H2,1-3H3,(H,24,31)(H,25,32)(H,26,30)(H,33,34). The number of aromatic hydroxyl groups is 1. The quantitative estimate of drug-likeness (QED) is 0.141. The summed E-state index contributed by atoms with van der Waals surface area (Å²) in [6.07, 6.45) is -0.677. The number of aliphatic hydroxyl groups is 2. The van der Waals surface area contributed by atoms with Crippen LogP contribution in [-0.2, 0) is 25.6 Å². The van der Waals surface area contributed by atoms with Gasteiger partial charge in [0.1, 0.15) is 29.9 Å². The van der Waals surface area contributed by atoms with Crippen molar-refractivity contribution in [3.05, 3.63) is 29.8 Å². The smallest absolute Gasteiger partial charge is 0.326 e. The van der Waals surface area contributed by atoms with E-state index in [9.17, 15) is 39.6 Å². The lowest BCUT2D eigenvalue weighted by Crippen LogP contribution is -2.60. The van der Waals surface area contributed by atoms with Crippen molar-refractivity contribution in [3.63, 3.8) is 0 Å². The molecule has 0 saturated heterocycles. The van der Waals surface area contributed by atoms with Crippen LogP contribution in [0, 0.1) is 0 Å². The highest BCUT2D eigenvalue weighted by atomic mass is 32.2. The van der Waals surface area contributed by atoms with Crippen molar-refractivity contribution in [1.82, 2.24) is 16.0 Å². The molecule has 13 heteroatoms. The van der Waals surface area contributed by atoms with Crippen LogP contribution >= 0.6 is 11.8 Å². The first-order chi connectivity index (χ1) is 16.4. The Morgan fingerprint density at radius 2 is 1.49 bits per heavy atom. The number of carboxylic acids is 1. The van der Waals surface area contributed by atoms with Gasteiger partial charge < -0.3 is 42.1 Å². The summed E-state index contributed by atoms with van der Waals surface area (Å²) < 4.78 is 0. The molecule has 9 N–H and O–H groups in total. The summed E-state index contributed by atoms with van der Waals surface area (Å²) in [6.45, 7) is 2.57. The fourth-order valence-corrected chi connectivity index (χ4v) is 3.45. The van der Waals surface area contributed by atoms with Crippen LogP contribution in [0.4, 0.5) is 0 Å². The average Bonchev–Trinajstić information content (AvgIpc) is 2.79. The van der Waals surface area contributed by atoms with Gasteiger partial charge in [-0.25, -0.2) is 4.79 Å². The van der Waals surface area contributed by atoms with Crippen molar-refractivity contribution in [2.75, 3.05) is 12.0 Å². The number of carbonyl (C=O) groups excluding carboxylic acids is 3. The van der Waals surface area contributed by atoms with E-state index in [1.54, 1.807) is 6.26 Å². The fraction of sp³-hybridized carbons (Fsp3) is 0.545. The van der Waals surface area contributed by atoms with Crippen LogP contribution in [0.25, 0.3) is 0 Å². The summed E-state index contributed by atoms with van der Waals surface area (Å²) >= 11 is 1.41. The molecular weight excluding hydrogens is 480 g/mol. The molecule has 196 valence electrons. The second kappa shape index (κ2) is 14.5. The Labute approximate surface area is 207 Å². The van der Waals surface area contributed by atoms with Gasteiger partial charge >= 0.3 is 5.97 Å². The van der Waals surface area contributed by atoms with Crippen LogP contribution in [0.2, 0.25) is 0 Å². The normalized spacial score (nSPS) is 16.2. The Balaban J connectivity index is 2.96.